The van der Waals surface area contributed by atoms with Gasteiger partial charge in [0, 0.05) is 19.1 Å². The van der Waals surface area contributed by atoms with Crippen LogP contribution in [-0.4, -0.2) is 41.1 Å². The zero-order valence-electron chi connectivity index (χ0n) is 12.8. The standard InChI is InChI=1S/C16H21ClN2O3S/c1-2-3-12(18-15(20)13-4-5-14(17)23-13)10-11-6-8-19(9-7-11)16(21)22/h2,4-5,11-12H,1,3,6-10H2,(H,18,20)(H,21,22)/t12-/m1/s1. The van der Waals surface area contributed by atoms with Gasteiger partial charge in [-0.05, 0) is 43.7 Å². The van der Waals surface area contributed by atoms with Gasteiger partial charge in [-0.2, -0.15) is 0 Å². The fourth-order valence-electron chi connectivity index (χ4n) is 2.87. The lowest BCUT2D eigenvalue weighted by molar-refractivity contribution is 0.0928. The molecule has 1 fully saturated rings. The summed E-state index contributed by atoms with van der Waals surface area (Å²) in [5.41, 5.74) is 0. The molecule has 1 aliphatic rings. The summed E-state index contributed by atoms with van der Waals surface area (Å²) in [6.45, 7) is 4.89. The molecule has 126 valence electrons. The molecule has 1 aliphatic heterocycles. The third kappa shape index (κ3) is 5.25. The number of nitrogens with one attached hydrogen (secondary N) is 1. The van der Waals surface area contributed by atoms with E-state index >= 15 is 0 Å². The molecule has 0 saturated carbocycles. The van der Waals surface area contributed by atoms with Crippen molar-refractivity contribution in [3.8, 4) is 0 Å². The maximum absolute atomic E-state index is 12.2. The zero-order valence-corrected chi connectivity index (χ0v) is 14.4. The van der Waals surface area contributed by atoms with Crippen LogP contribution in [-0.2, 0) is 0 Å². The van der Waals surface area contributed by atoms with Crippen LogP contribution in [0.15, 0.2) is 24.8 Å². The Hall–Kier alpha value is -1.53. The highest BCUT2D eigenvalue weighted by atomic mass is 35.5. The van der Waals surface area contributed by atoms with Crippen molar-refractivity contribution in [2.75, 3.05) is 13.1 Å². The van der Waals surface area contributed by atoms with Gasteiger partial charge in [-0.25, -0.2) is 4.79 Å². The summed E-state index contributed by atoms with van der Waals surface area (Å²) in [6, 6.07) is 3.45. The lowest BCUT2D eigenvalue weighted by Crippen LogP contribution is -2.41. The number of thiophene rings is 1. The van der Waals surface area contributed by atoms with Crippen LogP contribution >= 0.6 is 22.9 Å². The Bertz CT molecular complexity index is 567. The highest BCUT2D eigenvalue weighted by Gasteiger charge is 2.25. The second kappa shape index (κ2) is 8.36. The molecule has 2 heterocycles. The number of hydrogen-bond acceptors (Lipinski definition) is 3. The van der Waals surface area contributed by atoms with Crippen molar-refractivity contribution in [3.05, 3.63) is 34.0 Å². The SMILES string of the molecule is C=CC[C@H](CC1CCN(C(=O)O)CC1)NC(=O)c1ccc(Cl)s1. The van der Waals surface area contributed by atoms with E-state index in [2.05, 4.69) is 11.9 Å². The minimum absolute atomic E-state index is 0.0160. The van der Waals surface area contributed by atoms with E-state index in [4.69, 9.17) is 16.7 Å². The normalized spacial score (nSPS) is 16.8. The average molecular weight is 357 g/mol. The number of likely N-dealkylation sites (tertiary alicyclic amines) is 1. The molecule has 0 spiro atoms. The number of nitrogens with zero attached hydrogens (tertiary/aromatic N) is 1. The maximum atomic E-state index is 12.2. The summed E-state index contributed by atoms with van der Waals surface area (Å²) in [4.78, 5) is 25.2. The molecular weight excluding hydrogens is 336 g/mol. The molecular formula is C16H21ClN2O3S. The topological polar surface area (TPSA) is 69.6 Å². The van der Waals surface area contributed by atoms with Gasteiger partial charge in [0.2, 0.25) is 0 Å². The summed E-state index contributed by atoms with van der Waals surface area (Å²) >= 11 is 7.13. The average Bonchev–Trinajstić information content (AvgIpc) is 2.94. The molecule has 23 heavy (non-hydrogen) atoms. The monoisotopic (exact) mass is 356 g/mol. The van der Waals surface area contributed by atoms with E-state index in [9.17, 15) is 9.59 Å². The van der Waals surface area contributed by atoms with Crippen LogP contribution in [0.4, 0.5) is 4.79 Å². The fraction of sp³-hybridized carbons (Fsp3) is 0.500. The van der Waals surface area contributed by atoms with Crippen molar-refractivity contribution in [2.24, 2.45) is 5.92 Å². The summed E-state index contributed by atoms with van der Waals surface area (Å²) in [5, 5.41) is 12.0. The number of carboxylic acid groups (broad SMARTS) is 1. The first kappa shape index (κ1) is 17.8. The molecule has 0 radical (unpaired) electrons. The van der Waals surface area contributed by atoms with Crippen LogP contribution in [0.2, 0.25) is 4.34 Å². The smallest absolute Gasteiger partial charge is 0.407 e. The van der Waals surface area contributed by atoms with E-state index < -0.39 is 6.09 Å². The van der Waals surface area contributed by atoms with Crippen LogP contribution in [0, 0.1) is 5.92 Å². The largest absolute Gasteiger partial charge is 0.465 e. The van der Waals surface area contributed by atoms with E-state index in [0.29, 0.717) is 34.6 Å². The van der Waals surface area contributed by atoms with Gasteiger partial charge >= 0.3 is 6.09 Å². The number of hydrogen-bond donors (Lipinski definition) is 2. The number of piperidine rings is 1. The van der Waals surface area contributed by atoms with Crippen molar-refractivity contribution < 1.29 is 14.7 Å². The Morgan fingerprint density at radius 3 is 2.70 bits per heavy atom. The Balaban J connectivity index is 1.87. The predicted octanol–water partition coefficient (Wildman–Crippen LogP) is 3.86. The van der Waals surface area contributed by atoms with Gasteiger partial charge in [-0.15, -0.1) is 17.9 Å². The van der Waals surface area contributed by atoms with Gasteiger partial charge in [0.15, 0.2) is 0 Å². The van der Waals surface area contributed by atoms with Crippen LogP contribution in [0.1, 0.15) is 35.4 Å². The van der Waals surface area contributed by atoms with Crippen molar-refractivity contribution >= 4 is 34.9 Å². The van der Waals surface area contributed by atoms with Gasteiger partial charge in [0.25, 0.3) is 5.91 Å². The molecule has 0 unspecified atom stereocenters. The van der Waals surface area contributed by atoms with E-state index in [1.54, 1.807) is 18.2 Å². The molecule has 1 saturated heterocycles. The van der Waals surface area contributed by atoms with Crippen LogP contribution in [0.5, 0.6) is 0 Å². The summed E-state index contributed by atoms with van der Waals surface area (Å²) < 4.78 is 0.594. The molecule has 5 nitrogen and oxygen atoms in total. The molecule has 1 atom stereocenters. The minimum Gasteiger partial charge on any atom is -0.465 e. The van der Waals surface area contributed by atoms with Gasteiger partial charge in [-0.3, -0.25) is 4.79 Å². The van der Waals surface area contributed by atoms with Gasteiger partial charge in [-0.1, -0.05) is 17.7 Å². The molecule has 1 aromatic heterocycles. The Morgan fingerprint density at radius 2 is 2.17 bits per heavy atom. The molecule has 1 aromatic rings. The lowest BCUT2D eigenvalue weighted by atomic mass is 9.89. The first-order chi connectivity index (χ1) is 11.0. The summed E-state index contributed by atoms with van der Waals surface area (Å²) in [6.07, 6.45) is 4.16. The van der Waals surface area contributed by atoms with E-state index in [-0.39, 0.29) is 11.9 Å². The highest BCUT2D eigenvalue weighted by Crippen LogP contribution is 2.25. The molecule has 2 N–H and O–H groups in total. The number of halogens is 1. The number of rotatable bonds is 6. The second-order valence-corrected chi connectivity index (χ2v) is 7.46. The summed E-state index contributed by atoms with van der Waals surface area (Å²) in [5.74, 6) is 0.305. The Labute approximate surface area is 144 Å². The Morgan fingerprint density at radius 1 is 1.48 bits per heavy atom. The van der Waals surface area contributed by atoms with Crippen molar-refractivity contribution in [2.45, 2.75) is 31.7 Å². The van der Waals surface area contributed by atoms with Crippen LogP contribution < -0.4 is 5.32 Å². The van der Waals surface area contributed by atoms with Gasteiger partial charge < -0.3 is 15.3 Å². The Kier molecular flexibility index (Phi) is 6.47. The van der Waals surface area contributed by atoms with Crippen LogP contribution in [0.3, 0.4) is 0 Å². The maximum Gasteiger partial charge on any atom is 0.407 e. The highest BCUT2D eigenvalue weighted by molar-refractivity contribution is 7.17. The lowest BCUT2D eigenvalue weighted by Gasteiger charge is -2.32. The molecule has 0 aliphatic carbocycles. The first-order valence-corrected chi connectivity index (χ1v) is 8.84. The van der Waals surface area contributed by atoms with Crippen LogP contribution in [0.25, 0.3) is 0 Å². The third-order valence-corrected chi connectivity index (χ3v) is 5.32. The van der Waals surface area contributed by atoms with Crippen molar-refractivity contribution in [1.29, 1.82) is 0 Å². The number of amides is 2. The van der Waals surface area contributed by atoms with E-state index in [0.717, 1.165) is 19.3 Å². The minimum atomic E-state index is -0.853. The zero-order chi connectivity index (χ0) is 16.8. The van der Waals surface area contributed by atoms with E-state index in [1.165, 1.54) is 16.2 Å². The molecule has 0 aromatic carbocycles. The van der Waals surface area contributed by atoms with Crippen molar-refractivity contribution in [3.63, 3.8) is 0 Å². The van der Waals surface area contributed by atoms with Gasteiger partial charge in [0.1, 0.15) is 0 Å². The quantitative estimate of drug-likeness (QED) is 0.760. The third-order valence-electron chi connectivity index (χ3n) is 4.09. The predicted molar refractivity (Wildman–Crippen MR) is 92.3 cm³/mol. The number of carbonyl (C=O) groups excluding carboxylic acids is 1. The van der Waals surface area contributed by atoms with Crippen molar-refractivity contribution in [1.82, 2.24) is 10.2 Å². The fourth-order valence-corrected chi connectivity index (χ4v) is 3.82. The molecule has 7 heteroatoms. The first-order valence-electron chi connectivity index (χ1n) is 7.64. The molecule has 2 rings (SSSR count). The molecule has 2 amide bonds. The van der Waals surface area contributed by atoms with E-state index in [1.807, 2.05) is 0 Å². The summed E-state index contributed by atoms with van der Waals surface area (Å²) in [7, 11) is 0. The van der Waals surface area contributed by atoms with Gasteiger partial charge in [0.05, 0.1) is 9.21 Å². The number of carbonyl (C=O) groups is 2. The second-order valence-electron chi connectivity index (χ2n) is 5.75. The molecule has 0 bridgehead atoms.